The molecule has 0 spiro atoms. The maximum absolute atomic E-state index is 13.0. The normalized spacial score (nSPS) is 12.5. The molecule has 0 fully saturated rings. The second-order valence-corrected chi connectivity index (χ2v) is 7.61. The van der Waals surface area contributed by atoms with Gasteiger partial charge in [-0.05, 0) is 45.0 Å². The minimum Gasteiger partial charge on any atom is -0.467 e. The minimum absolute atomic E-state index is 0.0559. The summed E-state index contributed by atoms with van der Waals surface area (Å²) in [6.07, 6.45) is 1.57. The third-order valence-corrected chi connectivity index (χ3v) is 4.89. The van der Waals surface area contributed by atoms with E-state index in [2.05, 4.69) is 10.3 Å². The Morgan fingerprint density at radius 3 is 2.69 bits per heavy atom. The molecule has 1 atom stereocenters. The summed E-state index contributed by atoms with van der Waals surface area (Å²) in [5, 5.41) is 3.55. The van der Waals surface area contributed by atoms with Gasteiger partial charge in [0.1, 0.15) is 5.76 Å². The molecule has 136 valence electrons. The van der Waals surface area contributed by atoms with Crippen LogP contribution < -0.4 is 10.9 Å². The number of aromatic nitrogens is 2. The van der Waals surface area contributed by atoms with Gasteiger partial charge in [-0.15, -0.1) is 0 Å². The van der Waals surface area contributed by atoms with Crippen LogP contribution >= 0.6 is 11.8 Å². The van der Waals surface area contributed by atoms with Gasteiger partial charge in [-0.3, -0.25) is 14.2 Å². The van der Waals surface area contributed by atoms with Crippen LogP contribution in [0.5, 0.6) is 0 Å². The Labute approximate surface area is 155 Å². The van der Waals surface area contributed by atoms with Crippen LogP contribution in [0.1, 0.15) is 26.5 Å². The van der Waals surface area contributed by atoms with E-state index in [0.29, 0.717) is 21.8 Å². The topological polar surface area (TPSA) is 77.1 Å². The van der Waals surface area contributed by atoms with Crippen LogP contribution in [-0.2, 0) is 11.3 Å². The average molecular weight is 371 g/mol. The predicted octanol–water partition coefficient (Wildman–Crippen LogP) is 3.04. The van der Waals surface area contributed by atoms with Crippen LogP contribution in [0.25, 0.3) is 10.9 Å². The number of fused-ring (bicyclic) bond motifs is 1. The van der Waals surface area contributed by atoms with Crippen LogP contribution in [0.2, 0.25) is 0 Å². The molecule has 1 unspecified atom stereocenters. The molecule has 6 nitrogen and oxygen atoms in total. The van der Waals surface area contributed by atoms with Gasteiger partial charge in [-0.2, -0.15) is 0 Å². The molecule has 3 aromatic rings. The third kappa shape index (κ3) is 3.99. The number of benzene rings is 1. The number of carbonyl (C=O) groups excluding carboxylic acids is 1. The van der Waals surface area contributed by atoms with E-state index in [-0.39, 0.29) is 29.3 Å². The summed E-state index contributed by atoms with van der Waals surface area (Å²) in [5.74, 6) is 0.572. The molecule has 0 saturated carbocycles. The quantitative estimate of drug-likeness (QED) is 0.532. The summed E-state index contributed by atoms with van der Waals surface area (Å²) in [6, 6.07) is 10.9. The lowest BCUT2D eigenvalue weighted by molar-refractivity contribution is -0.120. The number of thioether (sulfide) groups is 1. The molecule has 0 aliphatic carbocycles. The molecular weight excluding hydrogens is 350 g/mol. The SMILES string of the molecule is CC(C)NC(=O)C(C)Sc1nc2ccccc2c(=O)n1Cc1ccco1. The Hall–Kier alpha value is -2.54. The molecule has 7 heteroatoms. The van der Waals surface area contributed by atoms with Gasteiger partial charge in [0, 0.05) is 6.04 Å². The molecule has 2 aromatic heterocycles. The summed E-state index contributed by atoms with van der Waals surface area (Å²) in [5.41, 5.74) is 0.470. The highest BCUT2D eigenvalue weighted by Gasteiger charge is 2.20. The molecule has 1 N–H and O–H groups in total. The highest BCUT2D eigenvalue weighted by atomic mass is 32.2. The highest BCUT2D eigenvalue weighted by Crippen LogP contribution is 2.23. The van der Waals surface area contributed by atoms with E-state index in [1.165, 1.54) is 11.8 Å². The Morgan fingerprint density at radius 2 is 2.00 bits per heavy atom. The summed E-state index contributed by atoms with van der Waals surface area (Å²) in [6.45, 7) is 5.90. The lowest BCUT2D eigenvalue weighted by atomic mass is 10.2. The van der Waals surface area contributed by atoms with Crippen molar-refractivity contribution in [2.24, 2.45) is 0 Å². The van der Waals surface area contributed by atoms with E-state index in [1.807, 2.05) is 32.0 Å². The Morgan fingerprint density at radius 1 is 1.23 bits per heavy atom. The van der Waals surface area contributed by atoms with Crippen LogP contribution in [0.3, 0.4) is 0 Å². The first kappa shape index (κ1) is 18.3. The zero-order chi connectivity index (χ0) is 18.7. The number of furan rings is 1. The van der Waals surface area contributed by atoms with Crippen LogP contribution in [-0.4, -0.2) is 26.8 Å². The smallest absolute Gasteiger partial charge is 0.262 e. The zero-order valence-corrected chi connectivity index (χ0v) is 15.7. The van der Waals surface area contributed by atoms with E-state index in [4.69, 9.17) is 4.42 Å². The number of nitrogens with one attached hydrogen (secondary N) is 1. The van der Waals surface area contributed by atoms with Crippen LogP contribution in [0.15, 0.2) is 57.0 Å². The average Bonchev–Trinajstić information content (AvgIpc) is 3.11. The van der Waals surface area contributed by atoms with Gasteiger partial charge in [-0.1, -0.05) is 23.9 Å². The van der Waals surface area contributed by atoms with Gasteiger partial charge in [0.25, 0.3) is 5.56 Å². The first-order chi connectivity index (χ1) is 12.5. The monoisotopic (exact) mass is 371 g/mol. The van der Waals surface area contributed by atoms with E-state index >= 15 is 0 Å². The maximum Gasteiger partial charge on any atom is 0.262 e. The fraction of sp³-hybridized carbons (Fsp3) is 0.316. The molecule has 0 saturated heterocycles. The molecule has 1 aromatic carbocycles. The van der Waals surface area contributed by atoms with E-state index in [0.717, 1.165) is 0 Å². The fourth-order valence-electron chi connectivity index (χ4n) is 2.55. The number of carbonyl (C=O) groups is 1. The van der Waals surface area contributed by atoms with Crippen LogP contribution in [0, 0.1) is 0 Å². The maximum atomic E-state index is 13.0. The van der Waals surface area contributed by atoms with Gasteiger partial charge in [0.05, 0.1) is 29.0 Å². The van der Waals surface area contributed by atoms with Crippen molar-refractivity contribution in [2.75, 3.05) is 0 Å². The van der Waals surface area contributed by atoms with Crippen molar-refractivity contribution in [1.82, 2.24) is 14.9 Å². The summed E-state index contributed by atoms with van der Waals surface area (Å²) >= 11 is 1.27. The third-order valence-electron chi connectivity index (χ3n) is 3.80. The first-order valence-corrected chi connectivity index (χ1v) is 9.32. The van der Waals surface area contributed by atoms with Crippen molar-refractivity contribution in [1.29, 1.82) is 0 Å². The Kier molecular flexibility index (Phi) is 5.46. The molecule has 2 heterocycles. The molecule has 26 heavy (non-hydrogen) atoms. The standard InChI is InChI=1S/C19H21N3O3S/c1-12(2)20-17(23)13(3)26-19-21-16-9-5-4-8-15(16)18(24)22(19)11-14-7-6-10-25-14/h4-10,12-13H,11H2,1-3H3,(H,20,23). The first-order valence-electron chi connectivity index (χ1n) is 8.44. The van der Waals surface area contributed by atoms with Crippen molar-refractivity contribution < 1.29 is 9.21 Å². The minimum atomic E-state index is -0.381. The van der Waals surface area contributed by atoms with Gasteiger partial charge < -0.3 is 9.73 Å². The second-order valence-electron chi connectivity index (χ2n) is 6.31. The van der Waals surface area contributed by atoms with Gasteiger partial charge >= 0.3 is 0 Å². The van der Waals surface area contributed by atoms with Crippen molar-refractivity contribution in [2.45, 2.75) is 43.8 Å². The Balaban J connectivity index is 2.01. The second kappa shape index (κ2) is 7.78. The van der Waals surface area contributed by atoms with E-state index in [9.17, 15) is 9.59 Å². The van der Waals surface area contributed by atoms with E-state index in [1.54, 1.807) is 36.0 Å². The van der Waals surface area contributed by atoms with Gasteiger partial charge in [-0.25, -0.2) is 4.98 Å². The molecule has 0 bridgehead atoms. The summed E-state index contributed by atoms with van der Waals surface area (Å²) < 4.78 is 6.95. The predicted molar refractivity (Wildman–Crippen MR) is 102 cm³/mol. The molecule has 0 radical (unpaired) electrons. The van der Waals surface area contributed by atoms with Crippen molar-refractivity contribution >= 4 is 28.6 Å². The number of para-hydroxylation sites is 1. The molecule has 0 aliphatic rings. The molecule has 3 rings (SSSR count). The highest BCUT2D eigenvalue weighted by molar-refractivity contribution is 8.00. The number of rotatable bonds is 6. The molecule has 0 aliphatic heterocycles. The number of hydrogen-bond acceptors (Lipinski definition) is 5. The zero-order valence-electron chi connectivity index (χ0n) is 14.9. The van der Waals surface area contributed by atoms with E-state index < -0.39 is 0 Å². The summed E-state index contributed by atoms with van der Waals surface area (Å²) in [7, 11) is 0. The molecular formula is C19H21N3O3S. The van der Waals surface area contributed by atoms with Crippen molar-refractivity contribution in [3.05, 3.63) is 58.8 Å². The number of nitrogens with zero attached hydrogens (tertiary/aromatic N) is 2. The van der Waals surface area contributed by atoms with Crippen molar-refractivity contribution in [3.8, 4) is 0 Å². The van der Waals surface area contributed by atoms with Crippen LogP contribution in [0.4, 0.5) is 0 Å². The molecule has 1 amide bonds. The lowest BCUT2D eigenvalue weighted by Gasteiger charge is -2.17. The number of amides is 1. The largest absolute Gasteiger partial charge is 0.467 e. The van der Waals surface area contributed by atoms with Crippen molar-refractivity contribution in [3.63, 3.8) is 0 Å². The van der Waals surface area contributed by atoms with Gasteiger partial charge in [0.2, 0.25) is 5.91 Å². The fourth-order valence-corrected chi connectivity index (χ4v) is 3.47. The number of hydrogen-bond donors (Lipinski definition) is 1. The summed E-state index contributed by atoms with van der Waals surface area (Å²) in [4.78, 5) is 29.9. The van der Waals surface area contributed by atoms with Gasteiger partial charge in [0.15, 0.2) is 5.16 Å². The lowest BCUT2D eigenvalue weighted by Crippen LogP contribution is -2.36. The Bertz CT molecular complexity index is 964.